The number of pyridine rings is 2. The summed E-state index contributed by atoms with van der Waals surface area (Å²) in [5.41, 5.74) is 2.36. The van der Waals surface area contributed by atoms with Crippen LogP contribution in [0.4, 0.5) is 10.1 Å². The van der Waals surface area contributed by atoms with Crippen molar-refractivity contribution < 1.29 is 9.18 Å². The maximum atomic E-state index is 14.5. The summed E-state index contributed by atoms with van der Waals surface area (Å²) in [6.07, 6.45) is 0. The number of fused-ring (bicyclic) bond motifs is 2. The van der Waals surface area contributed by atoms with E-state index in [1.54, 1.807) is 37.3 Å². The van der Waals surface area contributed by atoms with Gasteiger partial charge in [-0.05, 0) is 50.2 Å². The molecule has 2 aromatic carbocycles. The quantitative estimate of drug-likeness (QED) is 0.538. The molecule has 0 aliphatic carbocycles. The Bertz CT molecular complexity index is 1350. The minimum atomic E-state index is -0.548. The molecule has 0 bridgehead atoms. The number of aryl methyl sites for hydroxylation is 2. The van der Waals surface area contributed by atoms with Gasteiger partial charge in [-0.25, -0.2) is 4.39 Å². The molecule has 4 aromatic rings. The molecule has 0 saturated heterocycles. The molecule has 146 valence electrons. The van der Waals surface area contributed by atoms with Crippen molar-refractivity contribution in [2.45, 2.75) is 20.4 Å². The van der Waals surface area contributed by atoms with Crippen molar-refractivity contribution in [1.29, 1.82) is 0 Å². The van der Waals surface area contributed by atoms with Gasteiger partial charge < -0.3 is 9.88 Å². The predicted molar refractivity (Wildman–Crippen MR) is 113 cm³/mol. The number of hydrogen-bond donors (Lipinski definition) is 1. The maximum Gasteiger partial charge on any atom is 0.244 e. The summed E-state index contributed by atoms with van der Waals surface area (Å²) in [7, 11) is 0. The first-order valence-electron chi connectivity index (χ1n) is 8.99. The lowest BCUT2D eigenvalue weighted by Crippen LogP contribution is -2.23. The number of carbonyl (C=O) groups excluding carboxylic acids is 1. The average Bonchev–Trinajstić information content (AvgIpc) is 2.66. The number of aromatic nitrogens is 2. The van der Waals surface area contributed by atoms with Crippen LogP contribution < -0.4 is 10.7 Å². The fourth-order valence-electron chi connectivity index (χ4n) is 3.48. The third-order valence-electron chi connectivity index (χ3n) is 4.76. The van der Waals surface area contributed by atoms with Gasteiger partial charge in [0.15, 0.2) is 5.43 Å². The third kappa shape index (κ3) is 3.59. The van der Waals surface area contributed by atoms with Crippen molar-refractivity contribution in [3.05, 3.63) is 81.0 Å². The summed E-state index contributed by atoms with van der Waals surface area (Å²) in [4.78, 5) is 29.5. The topological polar surface area (TPSA) is 64.0 Å². The van der Waals surface area contributed by atoms with Gasteiger partial charge in [0.2, 0.25) is 5.91 Å². The Morgan fingerprint density at radius 3 is 2.72 bits per heavy atom. The second-order valence-corrected chi connectivity index (χ2v) is 7.33. The molecule has 4 rings (SSSR count). The van der Waals surface area contributed by atoms with Crippen LogP contribution in [0.3, 0.4) is 0 Å². The number of para-hydroxylation sites is 1. The highest BCUT2D eigenvalue weighted by atomic mass is 35.5. The number of rotatable bonds is 3. The monoisotopic (exact) mass is 409 g/mol. The lowest BCUT2D eigenvalue weighted by atomic mass is 10.1. The molecule has 0 atom stereocenters. The summed E-state index contributed by atoms with van der Waals surface area (Å²) < 4.78 is 16.0. The molecule has 2 aromatic heterocycles. The molecular formula is C22H17ClFN3O2. The van der Waals surface area contributed by atoms with Gasteiger partial charge in [0.1, 0.15) is 12.4 Å². The van der Waals surface area contributed by atoms with Crippen molar-refractivity contribution in [3.8, 4) is 0 Å². The van der Waals surface area contributed by atoms with Gasteiger partial charge in [-0.2, -0.15) is 0 Å². The minimum absolute atomic E-state index is 0.117. The Labute approximate surface area is 170 Å². The van der Waals surface area contributed by atoms with E-state index in [0.29, 0.717) is 27.3 Å². The van der Waals surface area contributed by atoms with E-state index < -0.39 is 5.82 Å². The highest BCUT2D eigenvalue weighted by molar-refractivity contribution is 6.31. The lowest BCUT2D eigenvalue weighted by Gasteiger charge is -2.16. The number of benzene rings is 2. The second-order valence-electron chi connectivity index (χ2n) is 6.89. The van der Waals surface area contributed by atoms with Crippen LogP contribution in [0, 0.1) is 19.7 Å². The summed E-state index contributed by atoms with van der Waals surface area (Å²) in [6, 6.07) is 12.7. The number of amides is 1. The molecule has 7 heteroatoms. The Kier molecular flexibility index (Phi) is 4.80. The lowest BCUT2D eigenvalue weighted by molar-refractivity contribution is -0.116. The van der Waals surface area contributed by atoms with E-state index in [2.05, 4.69) is 10.3 Å². The van der Waals surface area contributed by atoms with E-state index in [-0.39, 0.29) is 28.8 Å². The van der Waals surface area contributed by atoms with E-state index in [1.165, 1.54) is 22.8 Å². The molecule has 1 amide bonds. The Hall–Kier alpha value is -3.25. The smallest absolute Gasteiger partial charge is 0.244 e. The number of nitrogens with zero attached hydrogens (tertiary/aromatic N) is 2. The van der Waals surface area contributed by atoms with Crippen molar-refractivity contribution in [1.82, 2.24) is 9.55 Å². The van der Waals surface area contributed by atoms with Gasteiger partial charge in [0.25, 0.3) is 0 Å². The molecule has 0 aliphatic rings. The van der Waals surface area contributed by atoms with E-state index >= 15 is 0 Å². The normalized spacial score (nSPS) is 11.2. The number of anilines is 1. The maximum absolute atomic E-state index is 14.5. The highest BCUT2D eigenvalue weighted by Crippen LogP contribution is 2.26. The summed E-state index contributed by atoms with van der Waals surface area (Å²) in [6.45, 7) is 3.36. The molecule has 29 heavy (non-hydrogen) atoms. The van der Waals surface area contributed by atoms with Gasteiger partial charge in [-0.1, -0.05) is 17.7 Å². The first-order valence-corrected chi connectivity index (χ1v) is 9.37. The fourth-order valence-corrected chi connectivity index (χ4v) is 3.65. The van der Waals surface area contributed by atoms with E-state index in [9.17, 15) is 14.0 Å². The van der Waals surface area contributed by atoms with E-state index in [1.807, 2.05) is 6.92 Å². The van der Waals surface area contributed by atoms with Gasteiger partial charge in [0, 0.05) is 33.2 Å². The van der Waals surface area contributed by atoms with Crippen molar-refractivity contribution in [2.24, 2.45) is 0 Å². The minimum Gasteiger partial charge on any atom is -0.333 e. The van der Waals surface area contributed by atoms with Gasteiger partial charge in [-0.3, -0.25) is 14.6 Å². The number of carbonyl (C=O) groups is 1. The zero-order valence-electron chi connectivity index (χ0n) is 15.8. The largest absolute Gasteiger partial charge is 0.333 e. The van der Waals surface area contributed by atoms with Crippen LogP contribution in [0.1, 0.15) is 11.4 Å². The zero-order valence-corrected chi connectivity index (χ0v) is 16.5. The van der Waals surface area contributed by atoms with Crippen molar-refractivity contribution in [3.63, 3.8) is 0 Å². The molecule has 0 spiro atoms. The van der Waals surface area contributed by atoms with Crippen LogP contribution in [0.15, 0.2) is 53.3 Å². The number of halogens is 2. The molecule has 5 nitrogen and oxygen atoms in total. The molecule has 0 saturated carbocycles. The van der Waals surface area contributed by atoms with Crippen molar-refractivity contribution >= 4 is 45.0 Å². The summed E-state index contributed by atoms with van der Waals surface area (Å²) in [5, 5.41) is 4.35. The van der Waals surface area contributed by atoms with Crippen LogP contribution in [0.25, 0.3) is 21.8 Å². The molecule has 1 N–H and O–H groups in total. The third-order valence-corrected chi connectivity index (χ3v) is 5.00. The number of nitrogens with one attached hydrogen (secondary N) is 1. The Balaban J connectivity index is 1.75. The first-order chi connectivity index (χ1) is 13.8. The second kappa shape index (κ2) is 7.29. The van der Waals surface area contributed by atoms with Gasteiger partial charge in [-0.15, -0.1) is 0 Å². The highest BCUT2D eigenvalue weighted by Gasteiger charge is 2.15. The van der Waals surface area contributed by atoms with Crippen LogP contribution in [0.5, 0.6) is 0 Å². The van der Waals surface area contributed by atoms with Crippen LogP contribution in [0.2, 0.25) is 5.02 Å². The van der Waals surface area contributed by atoms with Crippen LogP contribution >= 0.6 is 11.6 Å². The molecule has 0 fully saturated rings. The molecule has 0 unspecified atom stereocenters. The SMILES string of the molecule is Cc1cc(NC(=O)Cn2c(C)cc(=O)c3cccc(F)c32)c2cc(Cl)ccc2n1. The summed E-state index contributed by atoms with van der Waals surface area (Å²) in [5.74, 6) is -0.902. The predicted octanol–water partition coefficient (Wildman–Crippen LogP) is 4.60. The number of hydrogen-bond acceptors (Lipinski definition) is 3. The Morgan fingerprint density at radius 2 is 1.93 bits per heavy atom. The van der Waals surface area contributed by atoms with Gasteiger partial charge in [0.05, 0.1) is 16.7 Å². The average molecular weight is 410 g/mol. The fraction of sp³-hybridized carbons (Fsp3) is 0.136. The zero-order chi connectivity index (χ0) is 20.7. The molecule has 0 aliphatic heterocycles. The van der Waals surface area contributed by atoms with Crippen LogP contribution in [-0.4, -0.2) is 15.5 Å². The van der Waals surface area contributed by atoms with Crippen LogP contribution in [-0.2, 0) is 11.3 Å². The molecular weight excluding hydrogens is 393 g/mol. The Morgan fingerprint density at radius 1 is 1.14 bits per heavy atom. The molecule has 0 radical (unpaired) electrons. The summed E-state index contributed by atoms with van der Waals surface area (Å²) >= 11 is 6.10. The van der Waals surface area contributed by atoms with Crippen molar-refractivity contribution in [2.75, 3.05) is 5.32 Å². The molecule has 2 heterocycles. The first kappa shape index (κ1) is 19.1. The van der Waals surface area contributed by atoms with Gasteiger partial charge >= 0.3 is 0 Å². The van der Waals surface area contributed by atoms with E-state index in [0.717, 1.165) is 5.69 Å². The standard InChI is InChI=1S/C22H17ClFN3O2/c1-12-8-19(16-10-14(23)6-7-18(16)25-12)26-21(29)11-27-13(2)9-20(28)15-4-3-5-17(24)22(15)27/h3-10H,11H2,1-2H3,(H,25,26,29). The van der Waals surface area contributed by atoms with E-state index in [4.69, 9.17) is 11.6 Å².